The van der Waals surface area contributed by atoms with Gasteiger partial charge in [0.1, 0.15) is 0 Å². The number of nitrogens with one attached hydrogen (secondary N) is 1. The van der Waals surface area contributed by atoms with Gasteiger partial charge in [-0.05, 0) is 48.7 Å². The second-order valence-electron chi connectivity index (χ2n) is 6.97. The van der Waals surface area contributed by atoms with Gasteiger partial charge >= 0.3 is 6.09 Å². The zero-order valence-electron chi connectivity index (χ0n) is 17.5. The van der Waals surface area contributed by atoms with E-state index in [1.165, 1.54) is 12.0 Å². The first kappa shape index (κ1) is 20.5. The molecule has 8 nitrogen and oxygen atoms in total. The summed E-state index contributed by atoms with van der Waals surface area (Å²) >= 11 is 1.56. The number of amides is 2. The van der Waals surface area contributed by atoms with Crippen molar-refractivity contribution in [2.45, 2.75) is 6.92 Å². The molecule has 3 aromatic heterocycles. The van der Waals surface area contributed by atoms with Crippen molar-refractivity contribution >= 4 is 45.7 Å². The number of aryl methyl sites for hydroxylation is 2. The van der Waals surface area contributed by atoms with E-state index in [4.69, 9.17) is 9.72 Å². The molecule has 3 heterocycles. The van der Waals surface area contributed by atoms with Gasteiger partial charge in [0.15, 0.2) is 5.65 Å². The number of rotatable bonds is 4. The van der Waals surface area contributed by atoms with Gasteiger partial charge in [-0.25, -0.2) is 9.78 Å². The Morgan fingerprint density at radius 3 is 2.58 bits per heavy atom. The van der Waals surface area contributed by atoms with Gasteiger partial charge in [0.25, 0.3) is 5.91 Å². The standard InChI is InChI=1S/C22H21N5O3S/c1-13-19-16(12-17(18-6-5-11-31-18)24-20(19)27(3)25-13)21(28)23-14-7-9-15(10-8-14)26(2)22(29)30-4/h5-12H,1-4H3,(H,23,28). The second kappa shape index (κ2) is 8.19. The van der Waals surface area contributed by atoms with Crippen molar-refractivity contribution < 1.29 is 14.3 Å². The number of methoxy groups -OCH3 is 1. The van der Waals surface area contributed by atoms with Gasteiger partial charge in [-0.15, -0.1) is 11.3 Å². The van der Waals surface area contributed by atoms with E-state index >= 15 is 0 Å². The van der Waals surface area contributed by atoms with Crippen molar-refractivity contribution in [3.63, 3.8) is 0 Å². The lowest BCUT2D eigenvalue weighted by Crippen LogP contribution is -2.25. The lowest BCUT2D eigenvalue weighted by molar-refractivity contribution is 0.102. The number of carbonyl (C=O) groups is 2. The Morgan fingerprint density at radius 2 is 1.94 bits per heavy atom. The first-order valence-corrected chi connectivity index (χ1v) is 10.4. The Kier molecular flexibility index (Phi) is 5.43. The summed E-state index contributed by atoms with van der Waals surface area (Å²) in [5, 5.41) is 10.1. The molecule has 0 saturated heterocycles. The molecule has 0 aliphatic rings. The van der Waals surface area contributed by atoms with E-state index in [0.717, 1.165) is 21.7 Å². The Morgan fingerprint density at radius 1 is 1.19 bits per heavy atom. The number of anilines is 2. The van der Waals surface area contributed by atoms with E-state index in [9.17, 15) is 9.59 Å². The molecule has 158 valence electrons. The van der Waals surface area contributed by atoms with E-state index in [0.29, 0.717) is 22.6 Å². The van der Waals surface area contributed by atoms with Crippen molar-refractivity contribution in [1.82, 2.24) is 14.8 Å². The maximum atomic E-state index is 13.2. The molecular weight excluding hydrogens is 414 g/mol. The number of hydrogen-bond donors (Lipinski definition) is 1. The smallest absolute Gasteiger partial charge is 0.413 e. The monoisotopic (exact) mass is 435 g/mol. The van der Waals surface area contributed by atoms with Gasteiger partial charge in [0.2, 0.25) is 0 Å². The molecular formula is C22H21N5O3S. The molecule has 0 atom stereocenters. The quantitative estimate of drug-likeness (QED) is 0.511. The molecule has 0 aliphatic heterocycles. The molecule has 0 fully saturated rings. The van der Waals surface area contributed by atoms with Crippen LogP contribution < -0.4 is 10.2 Å². The molecule has 31 heavy (non-hydrogen) atoms. The predicted octanol–water partition coefficient (Wildman–Crippen LogP) is 4.46. The highest BCUT2D eigenvalue weighted by Gasteiger charge is 2.20. The van der Waals surface area contributed by atoms with E-state index in [1.54, 1.807) is 53.4 Å². The van der Waals surface area contributed by atoms with Gasteiger partial charge in [-0.3, -0.25) is 14.4 Å². The number of ether oxygens (including phenoxy) is 1. The molecule has 0 spiro atoms. The summed E-state index contributed by atoms with van der Waals surface area (Å²) in [5.41, 5.74) is 3.89. The first-order chi connectivity index (χ1) is 14.9. The fourth-order valence-electron chi connectivity index (χ4n) is 3.38. The van der Waals surface area contributed by atoms with Crippen LogP contribution in [0.5, 0.6) is 0 Å². The summed E-state index contributed by atoms with van der Waals surface area (Å²) in [4.78, 5) is 32.0. The van der Waals surface area contributed by atoms with Gasteiger partial charge in [0.05, 0.1) is 34.3 Å². The van der Waals surface area contributed by atoms with E-state index in [2.05, 4.69) is 10.4 Å². The third kappa shape index (κ3) is 3.87. The highest BCUT2D eigenvalue weighted by Crippen LogP contribution is 2.30. The van der Waals surface area contributed by atoms with Crippen LogP contribution in [0.2, 0.25) is 0 Å². The molecule has 1 aromatic carbocycles. The summed E-state index contributed by atoms with van der Waals surface area (Å²) in [6, 6.07) is 12.7. The summed E-state index contributed by atoms with van der Waals surface area (Å²) in [6.45, 7) is 1.86. The largest absolute Gasteiger partial charge is 0.452 e. The van der Waals surface area contributed by atoms with Crippen LogP contribution in [-0.2, 0) is 11.8 Å². The van der Waals surface area contributed by atoms with Crippen molar-refractivity contribution in [3.05, 3.63) is 59.1 Å². The van der Waals surface area contributed by atoms with Crippen LogP contribution in [0.3, 0.4) is 0 Å². The predicted molar refractivity (Wildman–Crippen MR) is 122 cm³/mol. The average molecular weight is 436 g/mol. The number of benzene rings is 1. The molecule has 9 heteroatoms. The van der Waals surface area contributed by atoms with Crippen molar-refractivity contribution in [1.29, 1.82) is 0 Å². The molecule has 4 rings (SSSR count). The van der Waals surface area contributed by atoms with Gasteiger partial charge in [-0.2, -0.15) is 5.10 Å². The average Bonchev–Trinajstić information content (AvgIpc) is 3.41. The van der Waals surface area contributed by atoms with Gasteiger partial charge < -0.3 is 10.1 Å². The normalized spacial score (nSPS) is 10.8. The minimum atomic E-state index is -0.468. The van der Waals surface area contributed by atoms with Crippen molar-refractivity contribution in [3.8, 4) is 10.6 Å². The highest BCUT2D eigenvalue weighted by molar-refractivity contribution is 7.13. The number of hydrogen-bond acceptors (Lipinski definition) is 6. The lowest BCUT2D eigenvalue weighted by Gasteiger charge is -2.16. The lowest BCUT2D eigenvalue weighted by atomic mass is 10.1. The highest BCUT2D eigenvalue weighted by atomic mass is 32.1. The molecule has 4 aromatic rings. The zero-order chi connectivity index (χ0) is 22.1. The van der Waals surface area contributed by atoms with Crippen LogP contribution in [0.25, 0.3) is 21.6 Å². The summed E-state index contributed by atoms with van der Waals surface area (Å²) in [6.07, 6.45) is -0.468. The van der Waals surface area contributed by atoms with E-state index in [-0.39, 0.29) is 5.91 Å². The number of carbonyl (C=O) groups excluding carboxylic acids is 2. The maximum absolute atomic E-state index is 13.2. The SMILES string of the molecule is COC(=O)N(C)c1ccc(NC(=O)c2cc(-c3cccs3)nc3c2c(C)nn3C)cc1. The molecule has 1 N–H and O–H groups in total. The Labute approximate surface area is 183 Å². The van der Waals surface area contributed by atoms with Crippen LogP contribution in [0.1, 0.15) is 16.1 Å². The van der Waals surface area contributed by atoms with Crippen LogP contribution in [-0.4, -0.2) is 40.9 Å². The third-order valence-corrected chi connectivity index (χ3v) is 5.84. The van der Waals surface area contributed by atoms with Crippen LogP contribution >= 0.6 is 11.3 Å². The molecule has 0 aliphatic carbocycles. The Hall–Kier alpha value is -3.72. The van der Waals surface area contributed by atoms with Crippen LogP contribution in [0.4, 0.5) is 16.2 Å². The summed E-state index contributed by atoms with van der Waals surface area (Å²) in [7, 11) is 4.76. The van der Waals surface area contributed by atoms with Gasteiger partial charge in [-0.1, -0.05) is 6.07 Å². The topological polar surface area (TPSA) is 89.3 Å². The summed E-state index contributed by atoms with van der Waals surface area (Å²) < 4.78 is 6.41. The van der Waals surface area contributed by atoms with E-state index in [1.807, 2.05) is 31.5 Å². The van der Waals surface area contributed by atoms with Crippen molar-refractivity contribution in [2.75, 3.05) is 24.4 Å². The summed E-state index contributed by atoms with van der Waals surface area (Å²) in [5.74, 6) is -0.254. The Bertz CT molecular complexity index is 1260. The molecule has 2 amide bonds. The van der Waals surface area contributed by atoms with Crippen LogP contribution in [0, 0.1) is 6.92 Å². The van der Waals surface area contributed by atoms with Crippen molar-refractivity contribution in [2.24, 2.45) is 7.05 Å². The van der Waals surface area contributed by atoms with E-state index < -0.39 is 6.09 Å². The minimum Gasteiger partial charge on any atom is -0.452 e. The number of aromatic nitrogens is 3. The minimum absolute atomic E-state index is 0.254. The van der Waals surface area contributed by atoms with Gasteiger partial charge in [0, 0.05) is 25.5 Å². The molecule has 0 saturated carbocycles. The molecule has 0 unspecified atom stereocenters. The van der Waals surface area contributed by atoms with Crippen LogP contribution in [0.15, 0.2) is 47.8 Å². The fraction of sp³-hybridized carbons (Fsp3) is 0.182. The molecule has 0 radical (unpaired) electrons. The number of nitrogens with zero attached hydrogens (tertiary/aromatic N) is 4. The zero-order valence-corrected chi connectivity index (χ0v) is 18.4. The number of thiophene rings is 1. The fourth-order valence-corrected chi connectivity index (χ4v) is 4.07. The number of pyridine rings is 1. The number of fused-ring (bicyclic) bond motifs is 1. The second-order valence-corrected chi connectivity index (χ2v) is 7.92. The first-order valence-electron chi connectivity index (χ1n) is 9.50. The maximum Gasteiger partial charge on any atom is 0.413 e. The molecule has 0 bridgehead atoms. The Balaban J connectivity index is 1.68. The third-order valence-electron chi connectivity index (χ3n) is 4.95.